The molecule has 1 aromatic carbocycles. The summed E-state index contributed by atoms with van der Waals surface area (Å²) in [6.45, 7) is 5.71. The number of hydrogen-bond donors (Lipinski definition) is 1. The molecule has 0 spiro atoms. The van der Waals surface area contributed by atoms with Crippen LogP contribution in [0.2, 0.25) is 0 Å². The van der Waals surface area contributed by atoms with E-state index in [-0.39, 0.29) is 6.10 Å². The van der Waals surface area contributed by atoms with E-state index in [9.17, 15) is 5.11 Å². The summed E-state index contributed by atoms with van der Waals surface area (Å²) in [5, 5.41) is 10.3. The molecular formula is C17H26BrNO. The van der Waals surface area contributed by atoms with Gasteiger partial charge in [-0.1, -0.05) is 41.4 Å². The SMILES string of the molecule is CCC1CCCN(CCC(O)c2ccc(Br)cc2)CC1. The molecule has 2 rings (SSSR count). The van der Waals surface area contributed by atoms with Gasteiger partial charge < -0.3 is 10.0 Å². The first kappa shape index (κ1) is 16.0. The van der Waals surface area contributed by atoms with Crippen molar-refractivity contribution in [1.29, 1.82) is 0 Å². The highest BCUT2D eigenvalue weighted by atomic mass is 79.9. The van der Waals surface area contributed by atoms with Crippen molar-refractivity contribution in [3.8, 4) is 0 Å². The fourth-order valence-electron chi connectivity index (χ4n) is 3.01. The molecule has 2 atom stereocenters. The lowest BCUT2D eigenvalue weighted by Crippen LogP contribution is -2.27. The van der Waals surface area contributed by atoms with Crippen molar-refractivity contribution < 1.29 is 5.11 Å². The van der Waals surface area contributed by atoms with E-state index in [1.54, 1.807) is 0 Å². The van der Waals surface area contributed by atoms with Crippen LogP contribution in [0.5, 0.6) is 0 Å². The van der Waals surface area contributed by atoms with E-state index in [1.165, 1.54) is 38.8 Å². The average Bonchev–Trinajstić information content (AvgIpc) is 2.70. The molecule has 2 nitrogen and oxygen atoms in total. The van der Waals surface area contributed by atoms with Gasteiger partial charge in [0, 0.05) is 11.0 Å². The number of aliphatic hydroxyl groups is 1. The molecular weight excluding hydrogens is 314 g/mol. The van der Waals surface area contributed by atoms with Crippen LogP contribution in [-0.4, -0.2) is 29.6 Å². The van der Waals surface area contributed by atoms with Crippen LogP contribution in [0.3, 0.4) is 0 Å². The number of aliphatic hydroxyl groups excluding tert-OH is 1. The number of likely N-dealkylation sites (tertiary alicyclic amines) is 1. The summed E-state index contributed by atoms with van der Waals surface area (Å²) in [5.74, 6) is 0.913. The van der Waals surface area contributed by atoms with Gasteiger partial charge in [-0.2, -0.15) is 0 Å². The molecule has 0 bridgehead atoms. The summed E-state index contributed by atoms with van der Waals surface area (Å²) in [6, 6.07) is 8.00. The Labute approximate surface area is 131 Å². The average molecular weight is 340 g/mol. The van der Waals surface area contributed by atoms with Crippen LogP contribution in [0.1, 0.15) is 50.7 Å². The fourth-order valence-corrected chi connectivity index (χ4v) is 3.28. The molecule has 3 heteroatoms. The Balaban J connectivity index is 1.78. The van der Waals surface area contributed by atoms with Crippen LogP contribution >= 0.6 is 15.9 Å². The maximum absolute atomic E-state index is 10.3. The number of halogens is 1. The van der Waals surface area contributed by atoms with Gasteiger partial charge in [0.1, 0.15) is 0 Å². The molecule has 0 radical (unpaired) electrons. The lowest BCUT2D eigenvalue weighted by molar-refractivity contribution is 0.142. The smallest absolute Gasteiger partial charge is 0.0802 e. The van der Waals surface area contributed by atoms with Crippen LogP contribution < -0.4 is 0 Å². The second-order valence-corrected chi connectivity index (χ2v) is 6.82. The molecule has 0 aliphatic carbocycles. The second-order valence-electron chi connectivity index (χ2n) is 5.90. The van der Waals surface area contributed by atoms with Gasteiger partial charge in [-0.25, -0.2) is 0 Å². The van der Waals surface area contributed by atoms with Gasteiger partial charge in [0.05, 0.1) is 6.10 Å². The van der Waals surface area contributed by atoms with Crippen molar-refractivity contribution >= 4 is 15.9 Å². The minimum atomic E-state index is -0.340. The molecule has 1 aliphatic rings. The highest BCUT2D eigenvalue weighted by Gasteiger charge is 2.16. The normalized spacial score (nSPS) is 22.4. The Hall–Kier alpha value is -0.380. The highest BCUT2D eigenvalue weighted by Crippen LogP contribution is 2.23. The van der Waals surface area contributed by atoms with E-state index in [1.807, 2.05) is 24.3 Å². The monoisotopic (exact) mass is 339 g/mol. The zero-order valence-electron chi connectivity index (χ0n) is 12.4. The van der Waals surface area contributed by atoms with Gasteiger partial charge in [-0.05, 0) is 62.4 Å². The number of hydrogen-bond acceptors (Lipinski definition) is 2. The van der Waals surface area contributed by atoms with Crippen molar-refractivity contribution in [2.45, 2.75) is 45.1 Å². The van der Waals surface area contributed by atoms with Crippen molar-refractivity contribution in [3.63, 3.8) is 0 Å². The van der Waals surface area contributed by atoms with E-state index < -0.39 is 0 Å². The quantitative estimate of drug-likeness (QED) is 0.860. The van der Waals surface area contributed by atoms with E-state index in [0.717, 1.165) is 28.9 Å². The van der Waals surface area contributed by atoms with Gasteiger partial charge in [-0.3, -0.25) is 0 Å². The van der Waals surface area contributed by atoms with Crippen molar-refractivity contribution in [1.82, 2.24) is 4.90 Å². The molecule has 2 unspecified atom stereocenters. The molecule has 20 heavy (non-hydrogen) atoms. The van der Waals surface area contributed by atoms with Crippen LogP contribution in [0.4, 0.5) is 0 Å². The highest BCUT2D eigenvalue weighted by molar-refractivity contribution is 9.10. The van der Waals surface area contributed by atoms with Crippen LogP contribution in [-0.2, 0) is 0 Å². The molecule has 112 valence electrons. The maximum atomic E-state index is 10.3. The fraction of sp³-hybridized carbons (Fsp3) is 0.647. The van der Waals surface area contributed by atoms with E-state index in [4.69, 9.17) is 0 Å². The maximum Gasteiger partial charge on any atom is 0.0802 e. The number of rotatable bonds is 5. The Morgan fingerprint density at radius 1 is 1.25 bits per heavy atom. The second kappa shape index (κ2) is 8.16. The van der Waals surface area contributed by atoms with E-state index >= 15 is 0 Å². The molecule has 0 aromatic heterocycles. The summed E-state index contributed by atoms with van der Waals surface area (Å²) in [4.78, 5) is 2.53. The van der Waals surface area contributed by atoms with Crippen molar-refractivity contribution in [3.05, 3.63) is 34.3 Å². The summed E-state index contributed by atoms with van der Waals surface area (Å²) in [6.07, 6.45) is 5.82. The topological polar surface area (TPSA) is 23.5 Å². The van der Waals surface area contributed by atoms with Crippen molar-refractivity contribution in [2.75, 3.05) is 19.6 Å². The van der Waals surface area contributed by atoms with Gasteiger partial charge in [0.2, 0.25) is 0 Å². The molecule has 1 N–H and O–H groups in total. The van der Waals surface area contributed by atoms with Gasteiger partial charge >= 0.3 is 0 Å². The molecule has 1 heterocycles. The predicted octanol–water partition coefficient (Wildman–Crippen LogP) is 4.38. The number of nitrogens with zero attached hydrogens (tertiary/aromatic N) is 1. The van der Waals surface area contributed by atoms with Gasteiger partial charge in [0.25, 0.3) is 0 Å². The first-order valence-corrected chi connectivity index (χ1v) is 8.64. The summed E-state index contributed by atoms with van der Waals surface area (Å²) >= 11 is 3.43. The Morgan fingerprint density at radius 3 is 2.70 bits per heavy atom. The van der Waals surface area contributed by atoms with E-state index in [2.05, 4.69) is 27.8 Å². The van der Waals surface area contributed by atoms with Crippen molar-refractivity contribution in [2.24, 2.45) is 5.92 Å². The molecule has 1 fully saturated rings. The first-order chi connectivity index (χ1) is 9.69. The largest absolute Gasteiger partial charge is 0.388 e. The Kier molecular flexibility index (Phi) is 6.53. The standard InChI is InChI=1S/C17H26BrNO/c1-2-14-4-3-11-19(12-9-14)13-10-17(20)15-5-7-16(18)8-6-15/h5-8,14,17,20H,2-4,9-13H2,1H3. The van der Waals surface area contributed by atoms with Gasteiger partial charge in [0.15, 0.2) is 0 Å². The summed E-state index contributed by atoms with van der Waals surface area (Å²) in [7, 11) is 0. The Morgan fingerprint density at radius 2 is 2.00 bits per heavy atom. The zero-order valence-corrected chi connectivity index (χ0v) is 14.0. The van der Waals surface area contributed by atoms with Crippen LogP contribution in [0, 0.1) is 5.92 Å². The molecule has 1 aliphatic heterocycles. The summed E-state index contributed by atoms with van der Waals surface area (Å²) < 4.78 is 1.06. The molecule has 0 saturated carbocycles. The lowest BCUT2D eigenvalue weighted by Gasteiger charge is -2.22. The third-order valence-corrected chi connectivity index (χ3v) is 5.02. The molecule has 1 saturated heterocycles. The van der Waals surface area contributed by atoms with E-state index in [0.29, 0.717) is 0 Å². The third-order valence-electron chi connectivity index (χ3n) is 4.49. The Bertz CT molecular complexity index is 392. The molecule has 0 amide bonds. The minimum Gasteiger partial charge on any atom is -0.388 e. The third kappa shape index (κ3) is 4.87. The first-order valence-electron chi connectivity index (χ1n) is 7.85. The summed E-state index contributed by atoms with van der Waals surface area (Å²) in [5.41, 5.74) is 1.02. The predicted molar refractivity (Wildman–Crippen MR) is 87.8 cm³/mol. The minimum absolute atomic E-state index is 0.340. The van der Waals surface area contributed by atoms with Gasteiger partial charge in [-0.15, -0.1) is 0 Å². The lowest BCUT2D eigenvalue weighted by atomic mass is 9.98. The van der Waals surface area contributed by atoms with Crippen LogP contribution in [0.15, 0.2) is 28.7 Å². The molecule has 1 aromatic rings. The zero-order chi connectivity index (χ0) is 14.4. The number of benzene rings is 1. The van der Waals surface area contributed by atoms with Crippen LogP contribution in [0.25, 0.3) is 0 Å².